The van der Waals surface area contributed by atoms with Gasteiger partial charge in [0.1, 0.15) is 5.16 Å². The quantitative estimate of drug-likeness (QED) is 0.508. The summed E-state index contributed by atoms with van der Waals surface area (Å²) in [6.07, 6.45) is 2.88. The molecule has 0 aromatic carbocycles. The summed E-state index contributed by atoms with van der Waals surface area (Å²) in [4.78, 5) is 10.4. The highest BCUT2D eigenvalue weighted by Gasteiger charge is 2.15. The van der Waals surface area contributed by atoms with E-state index in [1.807, 2.05) is 0 Å². The van der Waals surface area contributed by atoms with E-state index in [9.17, 15) is 4.79 Å². The van der Waals surface area contributed by atoms with E-state index in [4.69, 9.17) is 28.5 Å². The second-order valence-electron chi connectivity index (χ2n) is 2.01. The lowest BCUT2D eigenvalue weighted by Gasteiger charge is -2.17. The van der Waals surface area contributed by atoms with Crippen molar-refractivity contribution in [2.24, 2.45) is 0 Å². The number of carbonyl (C=O) groups is 1. The molecule has 1 N–H and O–H groups in total. The summed E-state index contributed by atoms with van der Waals surface area (Å²) < 4.78 is 1.14. The Kier molecular flexibility index (Phi) is 2.42. The third-order valence-corrected chi connectivity index (χ3v) is 1.96. The van der Waals surface area contributed by atoms with Gasteiger partial charge in [-0.3, -0.25) is 4.42 Å². The van der Waals surface area contributed by atoms with E-state index in [0.29, 0.717) is 5.16 Å². The molecule has 0 aromatic rings. The fraction of sp³-hybridized carbons (Fsp3) is 0.167. The highest BCUT2D eigenvalue weighted by Crippen LogP contribution is 2.19. The standard InChI is InChI=1S/C6H5Cl2NO2/c7-5-2-1-4(6(10)11)3-9(5)8/h1-2H,3H2,(H,10,11). The molecule has 0 unspecified atom stereocenters. The van der Waals surface area contributed by atoms with Crippen LogP contribution in [0.1, 0.15) is 0 Å². The molecule has 1 heterocycles. The first kappa shape index (κ1) is 8.43. The molecule has 0 saturated carbocycles. The number of hydrogen-bond acceptors (Lipinski definition) is 2. The molecule has 1 aliphatic heterocycles. The van der Waals surface area contributed by atoms with Gasteiger partial charge in [-0.05, 0) is 12.2 Å². The number of carboxylic acid groups (broad SMARTS) is 1. The van der Waals surface area contributed by atoms with Gasteiger partial charge in [-0.1, -0.05) is 11.6 Å². The summed E-state index contributed by atoms with van der Waals surface area (Å²) in [5.41, 5.74) is 0.226. The predicted octanol–water partition coefficient (Wildman–Crippen LogP) is 1.55. The Labute approximate surface area is 73.6 Å². The first-order valence-electron chi connectivity index (χ1n) is 2.84. The first-order valence-corrected chi connectivity index (χ1v) is 3.56. The van der Waals surface area contributed by atoms with Gasteiger partial charge in [0, 0.05) is 11.8 Å². The smallest absolute Gasteiger partial charge is 0.333 e. The number of nitrogens with zero attached hydrogens (tertiary/aromatic N) is 1. The van der Waals surface area contributed by atoms with Crippen LogP contribution in [-0.4, -0.2) is 22.0 Å². The molecule has 1 rings (SSSR count). The van der Waals surface area contributed by atoms with Gasteiger partial charge in [-0.25, -0.2) is 4.79 Å². The molecule has 0 aliphatic carbocycles. The molecule has 0 fully saturated rings. The third kappa shape index (κ3) is 1.88. The highest BCUT2D eigenvalue weighted by atomic mass is 35.5. The van der Waals surface area contributed by atoms with Crippen LogP contribution < -0.4 is 0 Å². The third-order valence-electron chi connectivity index (χ3n) is 1.24. The number of hydrogen-bond donors (Lipinski definition) is 1. The van der Waals surface area contributed by atoms with E-state index in [1.165, 1.54) is 12.2 Å². The lowest BCUT2D eigenvalue weighted by atomic mass is 10.2. The zero-order valence-electron chi connectivity index (χ0n) is 5.42. The Morgan fingerprint density at radius 3 is 2.73 bits per heavy atom. The number of allylic oxidation sites excluding steroid dienone is 2. The summed E-state index contributed by atoms with van der Waals surface area (Å²) in [6.45, 7) is 0.131. The van der Waals surface area contributed by atoms with Crippen molar-refractivity contribution in [1.29, 1.82) is 0 Å². The van der Waals surface area contributed by atoms with Gasteiger partial charge in [0.15, 0.2) is 0 Å². The van der Waals surface area contributed by atoms with Gasteiger partial charge in [0.05, 0.1) is 12.1 Å². The molecule has 0 bridgehead atoms. The maximum absolute atomic E-state index is 10.4. The predicted molar refractivity (Wildman–Crippen MR) is 42.2 cm³/mol. The molecule has 60 valence electrons. The molecule has 0 aromatic heterocycles. The Balaban J connectivity index is 2.82. The van der Waals surface area contributed by atoms with Gasteiger partial charge < -0.3 is 5.11 Å². The second kappa shape index (κ2) is 3.15. The monoisotopic (exact) mass is 193 g/mol. The van der Waals surface area contributed by atoms with Crippen LogP contribution in [0, 0.1) is 0 Å². The van der Waals surface area contributed by atoms with Crippen LogP contribution >= 0.6 is 23.4 Å². The van der Waals surface area contributed by atoms with Crippen molar-refractivity contribution in [2.45, 2.75) is 0 Å². The zero-order chi connectivity index (χ0) is 8.43. The summed E-state index contributed by atoms with van der Waals surface area (Å²) in [5, 5.41) is 8.85. The Bertz CT molecular complexity index is 247. The van der Waals surface area contributed by atoms with Crippen LogP contribution in [0.2, 0.25) is 0 Å². The molecule has 5 heteroatoms. The van der Waals surface area contributed by atoms with E-state index < -0.39 is 5.97 Å². The fourth-order valence-corrected chi connectivity index (χ4v) is 0.975. The van der Waals surface area contributed by atoms with Crippen LogP contribution in [0.15, 0.2) is 22.9 Å². The van der Waals surface area contributed by atoms with Crippen molar-refractivity contribution in [3.05, 3.63) is 22.9 Å². The molecule has 0 spiro atoms. The van der Waals surface area contributed by atoms with Gasteiger partial charge in [0.25, 0.3) is 0 Å². The van der Waals surface area contributed by atoms with Crippen molar-refractivity contribution >= 4 is 29.3 Å². The largest absolute Gasteiger partial charge is 0.478 e. The topological polar surface area (TPSA) is 40.5 Å². The summed E-state index contributed by atoms with van der Waals surface area (Å²) in [7, 11) is 0. The van der Waals surface area contributed by atoms with Crippen molar-refractivity contribution in [2.75, 3.05) is 6.54 Å². The van der Waals surface area contributed by atoms with Crippen LogP contribution in [0.4, 0.5) is 0 Å². The Morgan fingerprint density at radius 2 is 2.27 bits per heavy atom. The van der Waals surface area contributed by atoms with Crippen LogP contribution in [-0.2, 0) is 4.79 Å². The number of rotatable bonds is 1. The molecule has 11 heavy (non-hydrogen) atoms. The van der Waals surface area contributed by atoms with Crippen molar-refractivity contribution in [3.8, 4) is 0 Å². The van der Waals surface area contributed by atoms with E-state index in [2.05, 4.69) is 0 Å². The zero-order valence-corrected chi connectivity index (χ0v) is 6.93. The molecule has 0 atom stereocenters. The van der Waals surface area contributed by atoms with Crippen molar-refractivity contribution in [3.63, 3.8) is 0 Å². The second-order valence-corrected chi connectivity index (χ2v) is 2.80. The Hall–Kier alpha value is -0.670. The Morgan fingerprint density at radius 1 is 1.64 bits per heavy atom. The minimum Gasteiger partial charge on any atom is -0.478 e. The normalized spacial score (nSPS) is 17.5. The number of carboxylic acids is 1. The highest BCUT2D eigenvalue weighted by molar-refractivity contribution is 6.33. The molecule has 0 saturated heterocycles. The van der Waals surface area contributed by atoms with Crippen LogP contribution in [0.25, 0.3) is 0 Å². The molecule has 1 aliphatic rings. The average molecular weight is 194 g/mol. The van der Waals surface area contributed by atoms with Crippen LogP contribution in [0.5, 0.6) is 0 Å². The molecule has 0 amide bonds. The minimum atomic E-state index is -0.976. The van der Waals surface area contributed by atoms with Gasteiger partial charge in [-0.2, -0.15) is 0 Å². The number of aliphatic carboxylic acids is 1. The molecule has 0 radical (unpaired) electrons. The lowest BCUT2D eigenvalue weighted by molar-refractivity contribution is -0.132. The van der Waals surface area contributed by atoms with E-state index in [0.717, 1.165) is 4.42 Å². The summed E-state index contributed by atoms with van der Waals surface area (Å²) in [5.74, 6) is -0.976. The summed E-state index contributed by atoms with van der Waals surface area (Å²) in [6, 6.07) is 0. The van der Waals surface area contributed by atoms with Gasteiger partial charge in [-0.15, -0.1) is 0 Å². The van der Waals surface area contributed by atoms with E-state index >= 15 is 0 Å². The minimum absolute atomic E-state index is 0.131. The lowest BCUT2D eigenvalue weighted by Crippen LogP contribution is -2.19. The van der Waals surface area contributed by atoms with Crippen molar-refractivity contribution in [1.82, 2.24) is 4.42 Å². The first-order chi connectivity index (χ1) is 5.11. The van der Waals surface area contributed by atoms with Crippen molar-refractivity contribution < 1.29 is 9.90 Å². The SMILES string of the molecule is O=C(O)C1=CC=C(Cl)N(Cl)C1. The maximum Gasteiger partial charge on any atom is 0.333 e. The summed E-state index contributed by atoms with van der Waals surface area (Å²) >= 11 is 11.1. The molecule has 3 nitrogen and oxygen atoms in total. The average Bonchev–Trinajstić information content (AvgIpc) is 1.94. The van der Waals surface area contributed by atoms with Crippen LogP contribution in [0.3, 0.4) is 0 Å². The van der Waals surface area contributed by atoms with E-state index in [1.54, 1.807) is 0 Å². The van der Waals surface area contributed by atoms with Gasteiger partial charge in [0.2, 0.25) is 0 Å². The fourth-order valence-electron chi connectivity index (χ4n) is 0.667. The molecular formula is C6H5Cl2NO2. The van der Waals surface area contributed by atoms with E-state index in [-0.39, 0.29) is 12.1 Å². The van der Waals surface area contributed by atoms with Gasteiger partial charge >= 0.3 is 5.97 Å². The maximum atomic E-state index is 10.4. The molecular weight excluding hydrogens is 189 g/mol. The number of halogens is 2.